The first kappa shape index (κ1) is 16.9. The van der Waals surface area contributed by atoms with Crippen LogP contribution in [-0.2, 0) is 10.0 Å². The Bertz CT molecular complexity index is 859. The lowest BCUT2D eigenvalue weighted by atomic mass is 10.0. The first-order chi connectivity index (χ1) is 11.4. The normalized spacial score (nSPS) is 19.0. The smallest absolute Gasteiger partial charge is 0.254 e. The Labute approximate surface area is 142 Å². The van der Waals surface area contributed by atoms with Crippen molar-refractivity contribution in [2.24, 2.45) is 0 Å². The Morgan fingerprint density at radius 2 is 2.08 bits per heavy atom. The molecule has 128 valence electrons. The molecule has 2 aromatic rings. The maximum atomic E-state index is 13.0. The van der Waals surface area contributed by atoms with Crippen LogP contribution in [0.15, 0.2) is 36.7 Å². The van der Waals surface area contributed by atoms with Crippen LogP contribution >= 0.6 is 0 Å². The number of aromatic nitrogens is 1. The number of hydrogen-bond acceptors (Lipinski definition) is 4. The Morgan fingerprint density at radius 1 is 1.29 bits per heavy atom. The van der Waals surface area contributed by atoms with Crippen molar-refractivity contribution < 1.29 is 13.2 Å². The molecule has 1 aliphatic heterocycles. The maximum Gasteiger partial charge on any atom is 0.254 e. The van der Waals surface area contributed by atoms with E-state index in [9.17, 15) is 13.2 Å². The van der Waals surface area contributed by atoms with E-state index in [4.69, 9.17) is 0 Å². The van der Waals surface area contributed by atoms with Gasteiger partial charge in [-0.1, -0.05) is 12.1 Å². The molecule has 1 aliphatic rings. The van der Waals surface area contributed by atoms with Crippen LogP contribution in [0, 0.1) is 0 Å². The number of benzene rings is 1. The summed E-state index contributed by atoms with van der Waals surface area (Å²) >= 11 is 0. The van der Waals surface area contributed by atoms with Crippen molar-refractivity contribution >= 4 is 26.7 Å². The molecule has 1 atom stereocenters. The number of carbonyl (C=O) groups is 1. The fraction of sp³-hybridized carbons (Fsp3) is 0.412. The van der Waals surface area contributed by atoms with Crippen molar-refractivity contribution in [3.05, 3.63) is 42.2 Å². The molecule has 24 heavy (non-hydrogen) atoms. The number of rotatable bonds is 3. The maximum absolute atomic E-state index is 13.0. The molecular formula is C17H21N3O3S. The number of amides is 1. The second-order valence-electron chi connectivity index (χ2n) is 6.25. The SMILES string of the molecule is CN(C)S(=O)(=O)C1CCCN(C(=O)c2cccc3cnccc23)C1. The van der Waals surface area contributed by atoms with E-state index in [1.165, 1.54) is 18.4 Å². The zero-order chi connectivity index (χ0) is 17.3. The monoisotopic (exact) mass is 347 g/mol. The van der Waals surface area contributed by atoms with Gasteiger partial charge in [-0.25, -0.2) is 12.7 Å². The summed E-state index contributed by atoms with van der Waals surface area (Å²) < 4.78 is 26.0. The fourth-order valence-corrected chi connectivity index (χ4v) is 4.57. The van der Waals surface area contributed by atoms with Crippen LogP contribution in [0.25, 0.3) is 10.8 Å². The van der Waals surface area contributed by atoms with Gasteiger partial charge >= 0.3 is 0 Å². The van der Waals surface area contributed by atoms with E-state index in [0.29, 0.717) is 24.9 Å². The summed E-state index contributed by atoms with van der Waals surface area (Å²) in [5.41, 5.74) is 0.595. The van der Waals surface area contributed by atoms with Gasteiger partial charge in [0.05, 0.1) is 5.25 Å². The lowest BCUT2D eigenvalue weighted by Crippen LogP contribution is -2.48. The van der Waals surface area contributed by atoms with Crippen LogP contribution in [0.5, 0.6) is 0 Å². The third kappa shape index (κ3) is 3.01. The van der Waals surface area contributed by atoms with Gasteiger partial charge in [-0.3, -0.25) is 9.78 Å². The van der Waals surface area contributed by atoms with Crippen LogP contribution in [0.3, 0.4) is 0 Å². The van der Waals surface area contributed by atoms with E-state index in [2.05, 4.69) is 4.98 Å². The lowest BCUT2D eigenvalue weighted by molar-refractivity contribution is 0.0728. The highest BCUT2D eigenvalue weighted by Gasteiger charge is 2.34. The van der Waals surface area contributed by atoms with E-state index in [0.717, 1.165) is 10.8 Å². The standard InChI is InChI=1S/C17H21N3O3S/c1-19(2)24(22,23)14-6-4-10-20(12-14)17(21)16-7-3-5-13-11-18-9-8-15(13)16/h3,5,7-9,11,14H,4,6,10,12H2,1-2H3. The first-order valence-electron chi connectivity index (χ1n) is 7.94. The van der Waals surface area contributed by atoms with Gasteiger partial charge in [-0.2, -0.15) is 0 Å². The van der Waals surface area contributed by atoms with Crippen molar-refractivity contribution in [3.8, 4) is 0 Å². The average Bonchev–Trinajstić information content (AvgIpc) is 2.60. The molecule has 1 unspecified atom stereocenters. The molecule has 0 N–H and O–H groups in total. The van der Waals surface area contributed by atoms with E-state index in [1.54, 1.807) is 23.4 Å². The molecule has 0 aliphatic carbocycles. The van der Waals surface area contributed by atoms with Gasteiger partial charge in [0.15, 0.2) is 0 Å². The Hall–Kier alpha value is -1.99. The molecule has 0 bridgehead atoms. The van der Waals surface area contributed by atoms with Crippen molar-refractivity contribution in [2.45, 2.75) is 18.1 Å². The van der Waals surface area contributed by atoms with E-state index in [-0.39, 0.29) is 12.5 Å². The Balaban J connectivity index is 1.90. The number of nitrogens with zero attached hydrogens (tertiary/aromatic N) is 3. The van der Waals surface area contributed by atoms with Gasteiger partial charge in [-0.15, -0.1) is 0 Å². The van der Waals surface area contributed by atoms with Gasteiger partial charge in [-0.05, 0) is 30.4 Å². The van der Waals surface area contributed by atoms with Gasteiger partial charge in [0.2, 0.25) is 10.0 Å². The van der Waals surface area contributed by atoms with Gasteiger partial charge in [0.1, 0.15) is 0 Å². The van der Waals surface area contributed by atoms with E-state index >= 15 is 0 Å². The molecule has 6 nitrogen and oxygen atoms in total. The molecule has 1 amide bonds. The van der Waals surface area contributed by atoms with Crippen LogP contribution in [0.1, 0.15) is 23.2 Å². The number of pyridine rings is 1. The number of hydrogen-bond donors (Lipinski definition) is 0. The van der Waals surface area contributed by atoms with Crippen LogP contribution in [-0.4, -0.2) is 60.9 Å². The summed E-state index contributed by atoms with van der Waals surface area (Å²) in [7, 11) is -0.291. The molecule has 0 spiro atoms. The predicted octanol–water partition coefficient (Wildman–Crippen LogP) is 1.73. The summed E-state index contributed by atoms with van der Waals surface area (Å²) in [5, 5.41) is 1.20. The van der Waals surface area contributed by atoms with Crippen LogP contribution in [0.2, 0.25) is 0 Å². The third-order valence-corrected chi connectivity index (χ3v) is 6.75. The first-order valence-corrected chi connectivity index (χ1v) is 9.45. The predicted molar refractivity (Wildman–Crippen MR) is 93.3 cm³/mol. The van der Waals surface area contributed by atoms with E-state index in [1.807, 2.05) is 18.2 Å². The molecule has 0 radical (unpaired) electrons. The molecule has 0 saturated carbocycles. The minimum atomic E-state index is -3.36. The molecule has 7 heteroatoms. The van der Waals surface area contributed by atoms with Crippen molar-refractivity contribution in [2.75, 3.05) is 27.2 Å². The topological polar surface area (TPSA) is 70.6 Å². The van der Waals surface area contributed by atoms with Crippen LogP contribution < -0.4 is 0 Å². The minimum Gasteiger partial charge on any atom is -0.337 e. The van der Waals surface area contributed by atoms with Crippen molar-refractivity contribution in [3.63, 3.8) is 0 Å². The molecule has 1 saturated heterocycles. The summed E-state index contributed by atoms with van der Waals surface area (Å²) in [6, 6.07) is 7.35. The summed E-state index contributed by atoms with van der Waals surface area (Å²) in [6.07, 6.45) is 4.66. The molecule has 3 rings (SSSR count). The highest BCUT2D eigenvalue weighted by Crippen LogP contribution is 2.24. The largest absolute Gasteiger partial charge is 0.337 e. The van der Waals surface area contributed by atoms with Gasteiger partial charge in [0.25, 0.3) is 5.91 Å². The average molecular weight is 347 g/mol. The molecule has 1 aromatic carbocycles. The highest BCUT2D eigenvalue weighted by atomic mass is 32.2. The minimum absolute atomic E-state index is 0.120. The zero-order valence-corrected chi connectivity index (χ0v) is 14.7. The molecular weight excluding hydrogens is 326 g/mol. The number of piperidine rings is 1. The number of likely N-dealkylation sites (tertiary alicyclic amines) is 1. The molecule has 2 heterocycles. The van der Waals surface area contributed by atoms with E-state index < -0.39 is 15.3 Å². The lowest BCUT2D eigenvalue weighted by Gasteiger charge is -2.33. The second kappa shape index (κ2) is 6.49. The second-order valence-corrected chi connectivity index (χ2v) is 8.67. The van der Waals surface area contributed by atoms with Crippen LogP contribution in [0.4, 0.5) is 0 Å². The number of fused-ring (bicyclic) bond motifs is 1. The summed E-state index contributed by atoms with van der Waals surface area (Å²) in [6.45, 7) is 0.820. The fourth-order valence-electron chi connectivity index (χ4n) is 3.14. The quantitative estimate of drug-likeness (QED) is 0.848. The third-order valence-electron chi connectivity index (χ3n) is 4.51. The number of carbonyl (C=O) groups excluding carboxylic acids is 1. The molecule has 1 fully saturated rings. The van der Waals surface area contributed by atoms with Crippen molar-refractivity contribution in [1.82, 2.24) is 14.2 Å². The Kier molecular flexibility index (Phi) is 4.56. The summed E-state index contributed by atoms with van der Waals surface area (Å²) in [4.78, 5) is 18.7. The number of sulfonamides is 1. The summed E-state index contributed by atoms with van der Waals surface area (Å²) in [5.74, 6) is -0.120. The Morgan fingerprint density at radius 3 is 2.83 bits per heavy atom. The van der Waals surface area contributed by atoms with Gasteiger partial charge < -0.3 is 4.90 Å². The highest BCUT2D eigenvalue weighted by molar-refractivity contribution is 7.89. The molecule has 1 aromatic heterocycles. The van der Waals surface area contributed by atoms with Gasteiger partial charge in [0, 0.05) is 50.5 Å². The van der Waals surface area contributed by atoms with Crippen molar-refractivity contribution in [1.29, 1.82) is 0 Å². The zero-order valence-electron chi connectivity index (χ0n) is 13.8.